The largest absolute Gasteiger partial charge is 0.452 e. The van der Waals surface area contributed by atoms with Crippen molar-refractivity contribution in [3.63, 3.8) is 0 Å². The number of rotatable bonds is 6. The summed E-state index contributed by atoms with van der Waals surface area (Å²) in [7, 11) is 0. The number of likely N-dealkylation sites (tertiary alicyclic amines) is 1. The molecule has 2 aliphatic rings. The summed E-state index contributed by atoms with van der Waals surface area (Å²) in [6.45, 7) is 1.40. The minimum atomic E-state index is -1.04. The van der Waals surface area contributed by atoms with Crippen LogP contribution >= 0.6 is 11.6 Å². The number of anilines is 1. The van der Waals surface area contributed by atoms with Gasteiger partial charge >= 0.3 is 5.97 Å². The van der Waals surface area contributed by atoms with E-state index in [4.69, 9.17) is 16.3 Å². The predicted molar refractivity (Wildman–Crippen MR) is 102 cm³/mol. The van der Waals surface area contributed by atoms with Gasteiger partial charge in [-0.2, -0.15) is 0 Å². The fourth-order valence-electron chi connectivity index (χ4n) is 3.40. The molecule has 1 N–H and O–H groups in total. The molecule has 0 unspecified atom stereocenters. The number of amides is 3. The Morgan fingerprint density at radius 1 is 1.18 bits per heavy atom. The summed E-state index contributed by atoms with van der Waals surface area (Å²) in [5.41, 5.74) is 0.418. The molecule has 1 aliphatic carbocycles. The van der Waals surface area contributed by atoms with E-state index in [0.717, 1.165) is 4.90 Å². The number of hydrogen-bond donors (Lipinski definition) is 1. The topological polar surface area (TPSA) is 92.8 Å². The first kappa shape index (κ1) is 20.1. The molecule has 1 heterocycles. The van der Waals surface area contributed by atoms with Gasteiger partial charge in [-0.05, 0) is 31.9 Å². The average Bonchev–Trinajstić information content (AvgIpc) is 2.92. The molecule has 0 bridgehead atoms. The number of benzene rings is 1. The lowest BCUT2D eigenvalue weighted by Crippen LogP contribution is -2.35. The second-order valence-corrected chi connectivity index (χ2v) is 7.24. The Bertz CT molecular complexity index is 812. The monoisotopic (exact) mass is 404 g/mol. The van der Waals surface area contributed by atoms with E-state index in [2.05, 4.69) is 5.32 Å². The molecule has 8 heteroatoms. The van der Waals surface area contributed by atoms with E-state index in [0.29, 0.717) is 23.6 Å². The molecular weight excluding hydrogens is 384 g/mol. The third-order valence-electron chi connectivity index (χ3n) is 4.95. The number of nitrogens with zero attached hydrogens (tertiary/aromatic N) is 1. The van der Waals surface area contributed by atoms with Gasteiger partial charge in [0.2, 0.25) is 11.8 Å². The van der Waals surface area contributed by atoms with E-state index < -0.39 is 18.0 Å². The summed E-state index contributed by atoms with van der Waals surface area (Å²) in [6.07, 6.45) is 3.71. The number of carbonyl (C=O) groups excluding carboxylic acids is 4. The fourth-order valence-corrected chi connectivity index (χ4v) is 3.58. The van der Waals surface area contributed by atoms with E-state index >= 15 is 0 Å². The summed E-state index contributed by atoms with van der Waals surface area (Å²) in [5.74, 6) is -2.31. The number of hydrogen-bond acceptors (Lipinski definition) is 5. The molecule has 28 heavy (non-hydrogen) atoms. The fraction of sp³-hybridized carbons (Fsp3) is 0.400. The van der Waals surface area contributed by atoms with Crippen molar-refractivity contribution in [3.8, 4) is 0 Å². The van der Waals surface area contributed by atoms with Crippen LogP contribution in [0, 0.1) is 11.8 Å². The van der Waals surface area contributed by atoms with Crippen molar-refractivity contribution < 1.29 is 23.9 Å². The summed E-state index contributed by atoms with van der Waals surface area (Å²) >= 11 is 5.98. The van der Waals surface area contributed by atoms with Crippen LogP contribution in [0.3, 0.4) is 0 Å². The number of nitrogens with one attached hydrogen (secondary N) is 1. The molecular formula is C20H21ClN2O5. The maximum absolute atomic E-state index is 12.4. The number of para-hydroxylation sites is 1. The number of imide groups is 1. The minimum Gasteiger partial charge on any atom is -0.452 e. The molecule has 0 radical (unpaired) electrons. The molecule has 0 spiro atoms. The molecule has 148 valence electrons. The van der Waals surface area contributed by atoms with Gasteiger partial charge in [-0.3, -0.25) is 24.1 Å². The Kier molecular flexibility index (Phi) is 6.14. The summed E-state index contributed by atoms with van der Waals surface area (Å²) < 4.78 is 5.12. The smallest absolute Gasteiger partial charge is 0.308 e. The van der Waals surface area contributed by atoms with Gasteiger partial charge in [-0.15, -0.1) is 0 Å². The van der Waals surface area contributed by atoms with E-state index in [1.807, 2.05) is 12.2 Å². The number of fused-ring (bicyclic) bond motifs is 1. The van der Waals surface area contributed by atoms with E-state index in [-0.39, 0.29) is 36.6 Å². The molecule has 1 saturated heterocycles. The maximum Gasteiger partial charge on any atom is 0.308 e. The van der Waals surface area contributed by atoms with Crippen molar-refractivity contribution in [3.05, 3.63) is 41.4 Å². The van der Waals surface area contributed by atoms with Gasteiger partial charge in [0.25, 0.3) is 5.91 Å². The second kappa shape index (κ2) is 8.56. The van der Waals surface area contributed by atoms with Crippen molar-refractivity contribution in [2.75, 3.05) is 11.9 Å². The van der Waals surface area contributed by atoms with E-state index in [1.165, 1.54) is 6.92 Å². The summed E-state index contributed by atoms with van der Waals surface area (Å²) in [5, 5.41) is 2.96. The van der Waals surface area contributed by atoms with Crippen molar-refractivity contribution in [1.82, 2.24) is 4.90 Å². The van der Waals surface area contributed by atoms with Crippen LogP contribution in [0.2, 0.25) is 5.02 Å². The van der Waals surface area contributed by atoms with Gasteiger partial charge in [0.15, 0.2) is 6.10 Å². The third kappa shape index (κ3) is 4.25. The molecule has 3 amide bonds. The first-order valence-electron chi connectivity index (χ1n) is 9.13. The minimum absolute atomic E-state index is 0.0393. The number of carbonyl (C=O) groups is 4. The van der Waals surface area contributed by atoms with Crippen LogP contribution in [0.1, 0.15) is 26.2 Å². The Morgan fingerprint density at radius 3 is 2.39 bits per heavy atom. The summed E-state index contributed by atoms with van der Waals surface area (Å²) in [6, 6.07) is 6.71. The quantitative estimate of drug-likeness (QED) is 0.447. The Morgan fingerprint density at radius 2 is 1.79 bits per heavy atom. The van der Waals surface area contributed by atoms with Gasteiger partial charge in [-0.25, -0.2) is 0 Å². The Balaban J connectivity index is 1.49. The van der Waals surface area contributed by atoms with Gasteiger partial charge in [0.05, 0.1) is 29.0 Å². The molecule has 0 aromatic heterocycles. The normalized spacial score (nSPS) is 22.0. The van der Waals surface area contributed by atoms with E-state index in [9.17, 15) is 19.2 Å². The molecule has 1 aromatic rings. The van der Waals surface area contributed by atoms with E-state index in [1.54, 1.807) is 24.3 Å². The molecule has 3 rings (SSSR count). The molecule has 1 aliphatic heterocycles. The Labute approximate surface area is 167 Å². The lowest BCUT2D eigenvalue weighted by Gasteiger charge is -2.16. The van der Waals surface area contributed by atoms with Crippen molar-refractivity contribution >= 4 is 41.0 Å². The third-order valence-corrected chi connectivity index (χ3v) is 5.28. The van der Waals surface area contributed by atoms with Crippen LogP contribution in [0.25, 0.3) is 0 Å². The standard InChI is InChI=1S/C20H21ClN2O5/c1-12(18(25)22-16-9-5-4-8-15(16)21)28-17(24)10-11-23-19(26)13-6-2-3-7-14(13)20(23)27/h2-5,8-9,12-14H,6-7,10-11H2,1H3,(H,22,25)/t12-,13-,14+/m0/s1. The van der Waals surface area contributed by atoms with Crippen LogP contribution in [0.5, 0.6) is 0 Å². The molecule has 3 atom stereocenters. The van der Waals surface area contributed by atoms with Gasteiger partial charge in [0.1, 0.15) is 0 Å². The highest BCUT2D eigenvalue weighted by molar-refractivity contribution is 6.33. The molecule has 7 nitrogen and oxygen atoms in total. The number of allylic oxidation sites excluding steroid dienone is 2. The van der Waals surface area contributed by atoms with Crippen LogP contribution in [-0.4, -0.2) is 41.2 Å². The van der Waals surface area contributed by atoms with Crippen molar-refractivity contribution in [2.24, 2.45) is 11.8 Å². The predicted octanol–water partition coefficient (Wildman–Crippen LogP) is 2.55. The van der Waals surface area contributed by atoms with Crippen LogP contribution in [0.15, 0.2) is 36.4 Å². The lowest BCUT2D eigenvalue weighted by molar-refractivity contribution is -0.154. The zero-order chi connectivity index (χ0) is 20.3. The highest BCUT2D eigenvalue weighted by Gasteiger charge is 2.47. The first-order chi connectivity index (χ1) is 13.4. The van der Waals surface area contributed by atoms with Crippen molar-refractivity contribution in [1.29, 1.82) is 0 Å². The van der Waals surface area contributed by atoms with Crippen LogP contribution < -0.4 is 5.32 Å². The molecule has 0 saturated carbocycles. The first-order valence-corrected chi connectivity index (χ1v) is 9.51. The SMILES string of the molecule is C[C@H](OC(=O)CCN1C(=O)[C@H]2CC=CC[C@H]2C1=O)C(=O)Nc1ccccc1Cl. The van der Waals surface area contributed by atoms with Gasteiger partial charge < -0.3 is 10.1 Å². The number of ether oxygens (including phenoxy) is 1. The highest BCUT2D eigenvalue weighted by atomic mass is 35.5. The zero-order valence-electron chi connectivity index (χ0n) is 15.4. The Hall–Kier alpha value is -2.67. The number of esters is 1. The zero-order valence-corrected chi connectivity index (χ0v) is 16.1. The van der Waals surface area contributed by atoms with Gasteiger partial charge in [0, 0.05) is 6.54 Å². The van der Waals surface area contributed by atoms with Crippen molar-refractivity contribution in [2.45, 2.75) is 32.3 Å². The van der Waals surface area contributed by atoms with Gasteiger partial charge in [-0.1, -0.05) is 35.9 Å². The maximum atomic E-state index is 12.4. The number of halogens is 1. The van der Waals surface area contributed by atoms with Crippen LogP contribution in [-0.2, 0) is 23.9 Å². The lowest BCUT2D eigenvalue weighted by atomic mass is 9.85. The summed E-state index contributed by atoms with van der Waals surface area (Å²) in [4.78, 5) is 50.1. The molecule has 1 aromatic carbocycles. The molecule has 1 fully saturated rings. The highest BCUT2D eigenvalue weighted by Crippen LogP contribution is 2.35. The second-order valence-electron chi connectivity index (χ2n) is 6.84. The van der Waals surface area contributed by atoms with Crippen LogP contribution in [0.4, 0.5) is 5.69 Å². The average molecular weight is 405 g/mol.